The molecule has 27 heavy (non-hydrogen) atoms. The van der Waals surface area contributed by atoms with Crippen LogP contribution in [0.4, 0.5) is 0 Å². The van der Waals surface area contributed by atoms with Crippen molar-refractivity contribution in [1.29, 1.82) is 0 Å². The summed E-state index contributed by atoms with van der Waals surface area (Å²) in [5.74, 6) is -0.250. The molecule has 2 heterocycles. The minimum atomic E-state index is -0.487. The standard InChI is InChI=1S/C18H23N5O3S/c1-3-26-17(25)15-10-6-7-11-22(15)16(24)12-27-18-19-20-21-23(18)14-9-5-4-8-13(14)2/h4-5,8-9,15H,3,6-7,10-12H2,1-2H3/t15-/m0/s1. The van der Waals surface area contributed by atoms with Gasteiger partial charge in [-0.05, 0) is 55.2 Å². The number of likely N-dealkylation sites (tertiary alicyclic amines) is 1. The summed E-state index contributed by atoms with van der Waals surface area (Å²) in [5, 5.41) is 12.4. The molecule has 0 aliphatic carbocycles. The van der Waals surface area contributed by atoms with Gasteiger partial charge < -0.3 is 9.64 Å². The number of rotatable bonds is 6. The Morgan fingerprint density at radius 1 is 1.30 bits per heavy atom. The molecular weight excluding hydrogens is 366 g/mol. The fourth-order valence-corrected chi connectivity index (χ4v) is 3.91. The zero-order valence-electron chi connectivity index (χ0n) is 15.5. The van der Waals surface area contributed by atoms with Crippen LogP contribution in [0.15, 0.2) is 29.4 Å². The Bertz CT molecular complexity index is 810. The molecular formula is C18H23N5O3S. The number of carbonyl (C=O) groups excluding carboxylic acids is 2. The lowest BCUT2D eigenvalue weighted by Gasteiger charge is -2.33. The molecule has 1 atom stereocenters. The highest BCUT2D eigenvalue weighted by molar-refractivity contribution is 7.99. The zero-order chi connectivity index (χ0) is 19.2. The Hall–Kier alpha value is -2.42. The third kappa shape index (κ3) is 4.47. The number of aryl methyl sites for hydroxylation is 1. The van der Waals surface area contributed by atoms with Gasteiger partial charge in [-0.1, -0.05) is 30.0 Å². The van der Waals surface area contributed by atoms with Crippen LogP contribution < -0.4 is 0 Å². The van der Waals surface area contributed by atoms with E-state index in [1.165, 1.54) is 11.8 Å². The van der Waals surface area contributed by atoms with E-state index in [9.17, 15) is 9.59 Å². The van der Waals surface area contributed by atoms with Crippen LogP contribution in [0.25, 0.3) is 5.69 Å². The summed E-state index contributed by atoms with van der Waals surface area (Å²) in [7, 11) is 0. The summed E-state index contributed by atoms with van der Waals surface area (Å²) in [6.45, 7) is 4.64. The number of benzene rings is 1. The molecule has 1 aliphatic rings. The van der Waals surface area contributed by atoms with Gasteiger partial charge in [-0.2, -0.15) is 4.68 Å². The van der Waals surface area contributed by atoms with Gasteiger partial charge in [-0.3, -0.25) is 4.79 Å². The maximum atomic E-state index is 12.7. The van der Waals surface area contributed by atoms with Crippen LogP contribution in [0, 0.1) is 6.92 Å². The SMILES string of the molecule is CCOC(=O)[C@@H]1CCCCN1C(=O)CSc1nnnn1-c1ccccc1C. The largest absolute Gasteiger partial charge is 0.464 e. The van der Waals surface area contributed by atoms with Crippen molar-refractivity contribution in [2.75, 3.05) is 18.9 Å². The molecule has 8 nitrogen and oxygen atoms in total. The molecule has 2 aromatic rings. The van der Waals surface area contributed by atoms with Gasteiger partial charge in [0.1, 0.15) is 6.04 Å². The lowest BCUT2D eigenvalue weighted by Crippen LogP contribution is -2.49. The Balaban J connectivity index is 1.68. The monoisotopic (exact) mass is 389 g/mol. The number of nitrogens with zero attached hydrogens (tertiary/aromatic N) is 5. The first kappa shape index (κ1) is 19.3. The number of piperidine rings is 1. The van der Waals surface area contributed by atoms with Gasteiger partial charge in [0.25, 0.3) is 0 Å². The number of aromatic nitrogens is 4. The molecule has 0 bridgehead atoms. The highest BCUT2D eigenvalue weighted by Gasteiger charge is 2.33. The Morgan fingerprint density at radius 2 is 2.11 bits per heavy atom. The fourth-order valence-electron chi connectivity index (χ4n) is 3.14. The fraction of sp³-hybridized carbons (Fsp3) is 0.500. The van der Waals surface area contributed by atoms with E-state index in [-0.39, 0.29) is 17.6 Å². The van der Waals surface area contributed by atoms with E-state index in [4.69, 9.17) is 4.74 Å². The summed E-state index contributed by atoms with van der Waals surface area (Å²) in [5.41, 5.74) is 1.91. The molecule has 0 radical (unpaired) electrons. The molecule has 1 amide bonds. The van der Waals surface area contributed by atoms with Gasteiger partial charge in [-0.15, -0.1) is 5.10 Å². The summed E-state index contributed by atoms with van der Waals surface area (Å²) in [4.78, 5) is 26.5. The van der Waals surface area contributed by atoms with Crippen molar-refractivity contribution in [3.05, 3.63) is 29.8 Å². The third-order valence-electron chi connectivity index (χ3n) is 4.49. The van der Waals surface area contributed by atoms with Crippen LogP contribution in [0.2, 0.25) is 0 Å². The lowest BCUT2D eigenvalue weighted by atomic mass is 10.0. The molecule has 1 fully saturated rings. The minimum Gasteiger partial charge on any atom is -0.464 e. The van der Waals surface area contributed by atoms with E-state index in [0.717, 1.165) is 24.1 Å². The van der Waals surface area contributed by atoms with Gasteiger partial charge in [0, 0.05) is 6.54 Å². The number of thioether (sulfide) groups is 1. The van der Waals surface area contributed by atoms with Gasteiger partial charge in [0.05, 0.1) is 18.0 Å². The van der Waals surface area contributed by atoms with Crippen LogP contribution in [0.1, 0.15) is 31.7 Å². The second kappa shape index (κ2) is 8.98. The summed E-state index contributed by atoms with van der Waals surface area (Å²) in [6.07, 6.45) is 2.47. The van der Waals surface area contributed by atoms with E-state index < -0.39 is 6.04 Å². The first-order valence-corrected chi connectivity index (χ1v) is 10.0. The second-order valence-electron chi connectivity index (χ2n) is 6.30. The van der Waals surface area contributed by atoms with E-state index in [0.29, 0.717) is 24.7 Å². The summed E-state index contributed by atoms with van der Waals surface area (Å²) < 4.78 is 6.76. The number of carbonyl (C=O) groups is 2. The average Bonchev–Trinajstić information content (AvgIpc) is 3.15. The van der Waals surface area contributed by atoms with Crippen molar-refractivity contribution in [2.24, 2.45) is 0 Å². The molecule has 1 aromatic heterocycles. The molecule has 1 aromatic carbocycles. The molecule has 0 saturated carbocycles. The van der Waals surface area contributed by atoms with Crippen molar-refractivity contribution >= 4 is 23.6 Å². The van der Waals surface area contributed by atoms with E-state index >= 15 is 0 Å². The lowest BCUT2D eigenvalue weighted by molar-refractivity contribution is -0.155. The Labute approximate surface area is 162 Å². The number of ether oxygens (including phenoxy) is 1. The van der Waals surface area contributed by atoms with Gasteiger partial charge in [-0.25, -0.2) is 4.79 Å². The number of esters is 1. The highest BCUT2D eigenvalue weighted by atomic mass is 32.2. The second-order valence-corrected chi connectivity index (χ2v) is 7.24. The maximum Gasteiger partial charge on any atom is 0.328 e. The Morgan fingerprint density at radius 3 is 2.89 bits per heavy atom. The Kier molecular flexibility index (Phi) is 6.44. The van der Waals surface area contributed by atoms with Gasteiger partial charge in [0.2, 0.25) is 11.1 Å². The van der Waals surface area contributed by atoms with Crippen LogP contribution in [-0.2, 0) is 14.3 Å². The molecule has 0 unspecified atom stereocenters. The van der Waals surface area contributed by atoms with Crippen LogP contribution in [0.3, 0.4) is 0 Å². The number of hydrogen-bond acceptors (Lipinski definition) is 7. The molecule has 9 heteroatoms. The number of hydrogen-bond donors (Lipinski definition) is 0. The summed E-state index contributed by atoms with van der Waals surface area (Å²) >= 11 is 1.27. The van der Waals surface area contributed by atoms with E-state index in [1.807, 2.05) is 31.2 Å². The van der Waals surface area contributed by atoms with Crippen molar-refractivity contribution in [2.45, 2.75) is 44.3 Å². The van der Waals surface area contributed by atoms with E-state index in [2.05, 4.69) is 15.5 Å². The molecule has 0 N–H and O–H groups in total. The predicted molar refractivity (Wildman–Crippen MR) is 101 cm³/mol. The van der Waals surface area contributed by atoms with Crippen molar-refractivity contribution in [3.63, 3.8) is 0 Å². The van der Waals surface area contributed by atoms with Gasteiger partial charge in [0.15, 0.2) is 0 Å². The van der Waals surface area contributed by atoms with Crippen LogP contribution in [0.5, 0.6) is 0 Å². The molecule has 0 spiro atoms. The third-order valence-corrected chi connectivity index (χ3v) is 5.40. The van der Waals surface area contributed by atoms with Crippen LogP contribution >= 0.6 is 11.8 Å². The smallest absolute Gasteiger partial charge is 0.328 e. The van der Waals surface area contributed by atoms with Crippen molar-refractivity contribution in [1.82, 2.24) is 25.1 Å². The normalized spacial score (nSPS) is 17.0. The summed E-state index contributed by atoms with van der Waals surface area (Å²) in [6, 6.07) is 7.29. The zero-order valence-corrected chi connectivity index (χ0v) is 16.3. The van der Waals surface area contributed by atoms with Crippen molar-refractivity contribution in [3.8, 4) is 5.69 Å². The number of tetrazole rings is 1. The first-order chi connectivity index (χ1) is 13.1. The molecule has 1 aliphatic heterocycles. The van der Waals surface area contributed by atoms with Crippen LogP contribution in [-0.4, -0.2) is 61.9 Å². The number of amides is 1. The predicted octanol–water partition coefficient (Wildman–Crippen LogP) is 2.01. The number of para-hydroxylation sites is 1. The topological polar surface area (TPSA) is 90.2 Å². The molecule has 144 valence electrons. The van der Waals surface area contributed by atoms with Gasteiger partial charge >= 0.3 is 5.97 Å². The molecule has 1 saturated heterocycles. The first-order valence-electron chi connectivity index (χ1n) is 9.05. The maximum absolute atomic E-state index is 12.7. The average molecular weight is 389 g/mol. The van der Waals surface area contributed by atoms with Crippen molar-refractivity contribution < 1.29 is 14.3 Å². The quantitative estimate of drug-likeness (QED) is 0.551. The molecule has 3 rings (SSSR count). The highest BCUT2D eigenvalue weighted by Crippen LogP contribution is 2.23. The minimum absolute atomic E-state index is 0.0999. The van der Waals surface area contributed by atoms with E-state index in [1.54, 1.807) is 16.5 Å².